The van der Waals surface area contributed by atoms with Crippen LogP contribution in [-0.4, -0.2) is 27.2 Å². The predicted octanol–water partition coefficient (Wildman–Crippen LogP) is 4.45. The predicted molar refractivity (Wildman–Crippen MR) is 106 cm³/mol. The van der Waals surface area contributed by atoms with Crippen molar-refractivity contribution in [2.24, 2.45) is 5.92 Å². The van der Waals surface area contributed by atoms with Gasteiger partial charge >= 0.3 is 0 Å². The van der Waals surface area contributed by atoms with Gasteiger partial charge in [0.05, 0.1) is 17.6 Å². The lowest BCUT2D eigenvalue weighted by molar-refractivity contribution is 0.0980. The van der Waals surface area contributed by atoms with Crippen molar-refractivity contribution in [3.05, 3.63) is 72.3 Å². The van der Waals surface area contributed by atoms with Gasteiger partial charge in [0.15, 0.2) is 5.69 Å². The standard InChI is InChI=1S/C22H24N4O/c1-16(2)21-13-20(24-26(21)18-7-4-3-5-8-18)22(27)25(15-17-10-11-17)19-9-6-12-23-14-19/h3-9,12-14,16-17H,10-11,15H2,1-2H3. The molecule has 1 aromatic carbocycles. The first-order valence-corrected chi connectivity index (χ1v) is 9.50. The van der Waals surface area contributed by atoms with E-state index in [4.69, 9.17) is 0 Å². The van der Waals surface area contributed by atoms with Crippen molar-refractivity contribution >= 4 is 11.6 Å². The van der Waals surface area contributed by atoms with Crippen LogP contribution in [0.25, 0.3) is 5.69 Å². The first kappa shape index (κ1) is 17.5. The van der Waals surface area contributed by atoms with E-state index in [2.05, 4.69) is 23.9 Å². The highest BCUT2D eigenvalue weighted by molar-refractivity contribution is 6.04. The van der Waals surface area contributed by atoms with Gasteiger partial charge in [-0.2, -0.15) is 5.10 Å². The molecule has 1 aliphatic rings. The normalized spacial score (nSPS) is 13.7. The smallest absolute Gasteiger partial charge is 0.278 e. The maximum Gasteiger partial charge on any atom is 0.278 e. The summed E-state index contributed by atoms with van der Waals surface area (Å²) in [6, 6.07) is 15.7. The molecule has 0 N–H and O–H groups in total. The summed E-state index contributed by atoms with van der Waals surface area (Å²) in [6.45, 7) is 4.96. The summed E-state index contributed by atoms with van der Waals surface area (Å²) in [5.41, 5.74) is 3.30. The van der Waals surface area contributed by atoms with Crippen molar-refractivity contribution in [3.8, 4) is 5.69 Å². The van der Waals surface area contributed by atoms with Gasteiger partial charge < -0.3 is 4.90 Å². The SMILES string of the molecule is CC(C)c1cc(C(=O)N(CC2CC2)c2cccnc2)nn1-c1ccccc1. The molecule has 2 aromatic heterocycles. The van der Waals surface area contributed by atoms with Crippen molar-refractivity contribution in [1.29, 1.82) is 0 Å². The van der Waals surface area contributed by atoms with Crippen LogP contribution in [0.5, 0.6) is 0 Å². The second-order valence-electron chi connectivity index (χ2n) is 7.43. The highest BCUT2D eigenvalue weighted by Crippen LogP contribution is 2.32. The van der Waals surface area contributed by atoms with Gasteiger partial charge in [0.25, 0.3) is 5.91 Å². The molecule has 138 valence electrons. The second kappa shape index (κ2) is 7.35. The fourth-order valence-corrected chi connectivity index (χ4v) is 3.20. The topological polar surface area (TPSA) is 51.0 Å². The number of hydrogen-bond donors (Lipinski definition) is 0. The van der Waals surface area contributed by atoms with E-state index in [-0.39, 0.29) is 11.8 Å². The van der Waals surface area contributed by atoms with Crippen LogP contribution in [0.3, 0.4) is 0 Å². The molecule has 2 heterocycles. The number of para-hydroxylation sites is 1. The van der Waals surface area contributed by atoms with Crippen molar-refractivity contribution < 1.29 is 4.79 Å². The van der Waals surface area contributed by atoms with Crippen molar-refractivity contribution in [2.45, 2.75) is 32.6 Å². The molecule has 0 radical (unpaired) electrons. The Kier molecular flexibility index (Phi) is 4.75. The van der Waals surface area contributed by atoms with E-state index < -0.39 is 0 Å². The lowest BCUT2D eigenvalue weighted by Gasteiger charge is -2.21. The Morgan fingerprint density at radius 1 is 1.19 bits per heavy atom. The molecule has 27 heavy (non-hydrogen) atoms. The minimum atomic E-state index is -0.0634. The second-order valence-corrected chi connectivity index (χ2v) is 7.43. The van der Waals surface area contributed by atoms with Crippen LogP contribution in [0.1, 0.15) is 48.8 Å². The Hall–Kier alpha value is -2.95. The lowest BCUT2D eigenvalue weighted by atomic mass is 10.1. The van der Waals surface area contributed by atoms with Gasteiger partial charge in [0.1, 0.15) is 0 Å². The molecule has 5 nitrogen and oxygen atoms in total. The zero-order valence-corrected chi connectivity index (χ0v) is 15.7. The quantitative estimate of drug-likeness (QED) is 0.653. The number of rotatable bonds is 6. The Balaban J connectivity index is 1.71. The number of nitrogens with zero attached hydrogens (tertiary/aromatic N) is 4. The van der Waals surface area contributed by atoms with Crippen LogP contribution in [0.15, 0.2) is 60.9 Å². The third-order valence-electron chi connectivity index (χ3n) is 4.89. The van der Waals surface area contributed by atoms with Crippen LogP contribution >= 0.6 is 0 Å². The summed E-state index contributed by atoms with van der Waals surface area (Å²) >= 11 is 0. The Morgan fingerprint density at radius 3 is 2.59 bits per heavy atom. The largest absolute Gasteiger partial charge is 0.305 e. The summed E-state index contributed by atoms with van der Waals surface area (Å²) in [4.78, 5) is 19.4. The summed E-state index contributed by atoms with van der Waals surface area (Å²) in [5, 5.41) is 4.68. The third kappa shape index (κ3) is 3.77. The molecule has 0 spiro atoms. The Morgan fingerprint density at radius 2 is 1.96 bits per heavy atom. The van der Waals surface area contributed by atoms with Crippen LogP contribution in [0, 0.1) is 5.92 Å². The number of anilines is 1. The Labute approximate surface area is 159 Å². The minimum absolute atomic E-state index is 0.0634. The lowest BCUT2D eigenvalue weighted by Crippen LogP contribution is -2.33. The third-order valence-corrected chi connectivity index (χ3v) is 4.89. The molecular weight excluding hydrogens is 336 g/mol. The van der Waals surface area contributed by atoms with Gasteiger partial charge in [-0.1, -0.05) is 32.0 Å². The molecule has 0 aliphatic heterocycles. The van der Waals surface area contributed by atoms with E-state index in [0.717, 1.165) is 23.6 Å². The van der Waals surface area contributed by atoms with Gasteiger partial charge in [0, 0.05) is 18.4 Å². The molecule has 1 amide bonds. The highest BCUT2D eigenvalue weighted by Gasteiger charge is 2.30. The van der Waals surface area contributed by atoms with Gasteiger partial charge in [-0.05, 0) is 55.0 Å². The maximum atomic E-state index is 13.4. The van der Waals surface area contributed by atoms with Crippen LogP contribution in [0.2, 0.25) is 0 Å². The number of benzene rings is 1. The van der Waals surface area contributed by atoms with Crippen molar-refractivity contribution in [1.82, 2.24) is 14.8 Å². The van der Waals surface area contributed by atoms with Crippen molar-refractivity contribution in [2.75, 3.05) is 11.4 Å². The molecular formula is C22H24N4O. The van der Waals surface area contributed by atoms with E-state index in [1.807, 2.05) is 58.1 Å². The van der Waals surface area contributed by atoms with Gasteiger partial charge in [-0.15, -0.1) is 0 Å². The molecule has 0 bridgehead atoms. The number of hydrogen-bond acceptors (Lipinski definition) is 3. The fourth-order valence-electron chi connectivity index (χ4n) is 3.20. The number of pyridine rings is 1. The number of aromatic nitrogens is 3. The average Bonchev–Trinajstić information content (AvgIpc) is 3.41. The van der Waals surface area contributed by atoms with Gasteiger partial charge in [-0.25, -0.2) is 4.68 Å². The van der Waals surface area contributed by atoms with E-state index in [0.29, 0.717) is 11.6 Å². The summed E-state index contributed by atoms with van der Waals surface area (Å²) < 4.78 is 1.89. The summed E-state index contributed by atoms with van der Waals surface area (Å²) in [6.07, 6.45) is 5.83. The summed E-state index contributed by atoms with van der Waals surface area (Å²) in [7, 11) is 0. The molecule has 3 aromatic rings. The number of carbonyl (C=O) groups excluding carboxylic acids is 1. The molecule has 0 unspecified atom stereocenters. The van der Waals surface area contributed by atoms with E-state index in [1.165, 1.54) is 12.8 Å². The first-order valence-electron chi connectivity index (χ1n) is 9.50. The minimum Gasteiger partial charge on any atom is -0.305 e. The van der Waals surface area contributed by atoms with E-state index in [1.54, 1.807) is 12.4 Å². The number of amides is 1. The van der Waals surface area contributed by atoms with Crippen LogP contribution in [-0.2, 0) is 0 Å². The highest BCUT2D eigenvalue weighted by atomic mass is 16.2. The fraction of sp³-hybridized carbons (Fsp3) is 0.318. The monoisotopic (exact) mass is 360 g/mol. The number of carbonyl (C=O) groups is 1. The molecule has 5 heteroatoms. The van der Waals surface area contributed by atoms with Gasteiger partial charge in [-0.3, -0.25) is 9.78 Å². The molecule has 4 rings (SSSR count). The summed E-state index contributed by atoms with van der Waals surface area (Å²) in [5.74, 6) is 0.774. The zero-order chi connectivity index (χ0) is 18.8. The van der Waals surface area contributed by atoms with Crippen molar-refractivity contribution in [3.63, 3.8) is 0 Å². The molecule has 1 aliphatic carbocycles. The Bertz CT molecular complexity index is 914. The first-order chi connectivity index (χ1) is 13.1. The van der Waals surface area contributed by atoms with E-state index >= 15 is 0 Å². The average molecular weight is 360 g/mol. The maximum absolute atomic E-state index is 13.4. The van der Waals surface area contributed by atoms with E-state index in [9.17, 15) is 4.79 Å². The molecule has 1 saturated carbocycles. The molecule has 1 fully saturated rings. The molecule has 0 saturated heterocycles. The zero-order valence-electron chi connectivity index (χ0n) is 15.7. The van der Waals surface area contributed by atoms with Gasteiger partial charge in [0.2, 0.25) is 0 Å². The van der Waals surface area contributed by atoms with Crippen LogP contribution < -0.4 is 4.90 Å². The molecule has 0 atom stereocenters. The van der Waals surface area contributed by atoms with Crippen LogP contribution in [0.4, 0.5) is 5.69 Å².